The smallest absolute Gasteiger partial charge is 0.229 e. The zero-order valence-corrected chi connectivity index (χ0v) is 13.9. The van der Waals surface area contributed by atoms with E-state index in [4.69, 9.17) is 0 Å². The van der Waals surface area contributed by atoms with Gasteiger partial charge in [0.25, 0.3) is 0 Å². The molecule has 1 N–H and O–H groups in total. The van der Waals surface area contributed by atoms with Crippen LogP contribution in [0.25, 0.3) is 0 Å². The Labute approximate surface area is 126 Å². The molecular weight excluding hydrogens is 310 g/mol. The van der Waals surface area contributed by atoms with E-state index in [1.165, 1.54) is 0 Å². The largest absolute Gasteiger partial charge is 0.241 e. The number of hydrogen-bond acceptors (Lipinski definition) is 4. The summed E-state index contributed by atoms with van der Waals surface area (Å²) < 4.78 is 50.5. The Kier molecular flexibility index (Phi) is 4.75. The lowest BCUT2D eigenvalue weighted by Gasteiger charge is -2.15. The van der Waals surface area contributed by atoms with Gasteiger partial charge in [-0.05, 0) is 36.5 Å². The highest BCUT2D eigenvalue weighted by molar-refractivity contribution is 7.92. The molecule has 5 nitrogen and oxygen atoms in total. The Morgan fingerprint density at radius 1 is 1.24 bits per heavy atom. The van der Waals surface area contributed by atoms with Gasteiger partial charge in [0.05, 0.1) is 16.4 Å². The molecule has 1 unspecified atom stereocenters. The fourth-order valence-electron chi connectivity index (χ4n) is 2.53. The number of rotatable bonds is 5. The number of sulfone groups is 1. The minimum atomic E-state index is -3.68. The zero-order chi connectivity index (χ0) is 15.7. The fraction of sp³-hybridized carbons (Fsp3) is 0.571. The van der Waals surface area contributed by atoms with Gasteiger partial charge in [-0.3, -0.25) is 0 Å². The summed E-state index contributed by atoms with van der Waals surface area (Å²) in [5, 5.41) is 0. The quantitative estimate of drug-likeness (QED) is 0.881. The summed E-state index contributed by atoms with van der Waals surface area (Å²) in [4.78, 5) is 0.272. The predicted octanol–water partition coefficient (Wildman–Crippen LogP) is 1.28. The molecule has 0 amide bonds. The monoisotopic (exact) mass is 331 g/mol. The van der Waals surface area contributed by atoms with E-state index in [0.717, 1.165) is 17.5 Å². The van der Waals surface area contributed by atoms with E-state index in [-0.39, 0.29) is 16.4 Å². The molecule has 1 aliphatic heterocycles. The summed E-state index contributed by atoms with van der Waals surface area (Å²) in [6.45, 7) is 3.87. The molecule has 1 atom stereocenters. The van der Waals surface area contributed by atoms with Crippen LogP contribution in [0.2, 0.25) is 0 Å². The minimum Gasteiger partial charge on any atom is -0.229 e. The van der Waals surface area contributed by atoms with E-state index in [9.17, 15) is 16.8 Å². The SMILES string of the molecule is CCc1ccc(CC)c(S(=O)(=O)NC2CCS(=O)(=O)C2)c1. The number of sulfonamides is 1. The van der Waals surface area contributed by atoms with Gasteiger partial charge in [0, 0.05) is 6.04 Å². The molecule has 0 aliphatic carbocycles. The molecule has 7 heteroatoms. The molecule has 1 aromatic rings. The molecule has 0 bridgehead atoms. The second kappa shape index (κ2) is 6.06. The third-order valence-electron chi connectivity index (χ3n) is 3.76. The van der Waals surface area contributed by atoms with Crippen LogP contribution in [0, 0.1) is 0 Å². The highest BCUT2D eigenvalue weighted by Gasteiger charge is 2.32. The van der Waals surface area contributed by atoms with Crippen molar-refractivity contribution < 1.29 is 16.8 Å². The van der Waals surface area contributed by atoms with Crippen LogP contribution in [0.3, 0.4) is 0 Å². The van der Waals surface area contributed by atoms with Gasteiger partial charge in [-0.2, -0.15) is 0 Å². The van der Waals surface area contributed by atoms with E-state index in [2.05, 4.69) is 4.72 Å². The highest BCUT2D eigenvalue weighted by atomic mass is 32.2. The van der Waals surface area contributed by atoms with Crippen LogP contribution in [-0.2, 0) is 32.7 Å². The molecule has 2 rings (SSSR count). The van der Waals surface area contributed by atoms with Crippen LogP contribution in [0.4, 0.5) is 0 Å². The summed E-state index contributed by atoms with van der Waals surface area (Å²) in [6, 6.07) is 4.93. The second-order valence-corrected chi connectivity index (χ2v) is 9.28. The second-order valence-electron chi connectivity index (χ2n) is 5.37. The van der Waals surface area contributed by atoms with Crippen molar-refractivity contribution >= 4 is 19.9 Å². The first kappa shape index (κ1) is 16.5. The van der Waals surface area contributed by atoms with Gasteiger partial charge in [-0.1, -0.05) is 26.0 Å². The van der Waals surface area contributed by atoms with Crippen LogP contribution in [-0.4, -0.2) is 34.4 Å². The maximum absolute atomic E-state index is 12.5. The molecule has 21 heavy (non-hydrogen) atoms. The van der Waals surface area contributed by atoms with Crippen molar-refractivity contribution in [2.24, 2.45) is 0 Å². The predicted molar refractivity (Wildman–Crippen MR) is 82.6 cm³/mol. The van der Waals surface area contributed by atoms with Crippen molar-refractivity contribution in [3.63, 3.8) is 0 Å². The third-order valence-corrected chi connectivity index (χ3v) is 7.14. The van der Waals surface area contributed by atoms with Gasteiger partial charge in [-0.25, -0.2) is 21.6 Å². The van der Waals surface area contributed by atoms with E-state index in [1.807, 2.05) is 26.0 Å². The van der Waals surface area contributed by atoms with E-state index < -0.39 is 25.9 Å². The van der Waals surface area contributed by atoms with Crippen molar-refractivity contribution in [1.29, 1.82) is 0 Å². The van der Waals surface area contributed by atoms with Crippen LogP contribution >= 0.6 is 0 Å². The molecule has 0 spiro atoms. The van der Waals surface area contributed by atoms with Crippen molar-refractivity contribution in [3.8, 4) is 0 Å². The standard InChI is InChI=1S/C14H21NO4S2/c1-3-11-5-6-12(4-2)14(9-11)21(18,19)15-13-7-8-20(16,17)10-13/h5-6,9,13,15H,3-4,7-8,10H2,1-2H3. The van der Waals surface area contributed by atoms with E-state index in [0.29, 0.717) is 12.8 Å². The first-order chi connectivity index (χ1) is 9.77. The lowest BCUT2D eigenvalue weighted by molar-refractivity contribution is 0.561. The van der Waals surface area contributed by atoms with Crippen molar-refractivity contribution in [3.05, 3.63) is 29.3 Å². The molecule has 118 valence electrons. The first-order valence-corrected chi connectivity index (χ1v) is 10.4. The minimum absolute atomic E-state index is 0.0514. The summed E-state index contributed by atoms with van der Waals surface area (Å²) in [7, 11) is -6.79. The summed E-state index contributed by atoms with van der Waals surface area (Å²) in [5.74, 6) is -0.0586. The number of aryl methyl sites for hydroxylation is 2. The van der Waals surface area contributed by atoms with Gasteiger partial charge in [-0.15, -0.1) is 0 Å². The van der Waals surface area contributed by atoms with E-state index in [1.54, 1.807) is 6.07 Å². The topological polar surface area (TPSA) is 80.3 Å². The summed E-state index contributed by atoms with van der Waals surface area (Å²) >= 11 is 0. The lowest BCUT2D eigenvalue weighted by Crippen LogP contribution is -2.36. The maximum atomic E-state index is 12.5. The fourth-order valence-corrected chi connectivity index (χ4v) is 5.94. The van der Waals surface area contributed by atoms with Crippen LogP contribution < -0.4 is 4.72 Å². The molecule has 0 radical (unpaired) electrons. The third kappa shape index (κ3) is 3.84. The molecule has 1 fully saturated rings. The highest BCUT2D eigenvalue weighted by Crippen LogP contribution is 2.21. The van der Waals surface area contributed by atoms with Gasteiger partial charge in [0.15, 0.2) is 9.84 Å². The Hall–Kier alpha value is -0.920. The normalized spacial score (nSPS) is 21.5. The Bertz CT molecular complexity index is 723. The molecule has 1 heterocycles. The van der Waals surface area contributed by atoms with Crippen LogP contribution in [0.1, 0.15) is 31.4 Å². The molecule has 1 saturated heterocycles. The van der Waals surface area contributed by atoms with Crippen molar-refractivity contribution in [2.75, 3.05) is 11.5 Å². The van der Waals surface area contributed by atoms with Crippen molar-refractivity contribution in [1.82, 2.24) is 4.72 Å². The van der Waals surface area contributed by atoms with Crippen LogP contribution in [0.5, 0.6) is 0 Å². The number of hydrogen-bond donors (Lipinski definition) is 1. The average molecular weight is 331 g/mol. The Balaban J connectivity index is 2.31. The van der Waals surface area contributed by atoms with Gasteiger partial charge < -0.3 is 0 Å². The molecule has 0 aromatic heterocycles. The molecular formula is C14H21NO4S2. The van der Waals surface area contributed by atoms with Gasteiger partial charge in [0.1, 0.15) is 0 Å². The van der Waals surface area contributed by atoms with E-state index >= 15 is 0 Å². The Morgan fingerprint density at radius 3 is 2.48 bits per heavy atom. The van der Waals surface area contributed by atoms with Crippen molar-refractivity contribution in [2.45, 2.75) is 44.0 Å². The molecule has 1 aromatic carbocycles. The maximum Gasteiger partial charge on any atom is 0.241 e. The lowest BCUT2D eigenvalue weighted by atomic mass is 10.1. The summed E-state index contributed by atoms with van der Waals surface area (Å²) in [6.07, 6.45) is 1.71. The van der Waals surface area contributed by atoms with Crippen LogP contribution in [0.15, 0.2) is 23.1 Å². The molecule has 1 aliphatic rings. The first-order valence-electron chi connectivity index (χ1n) is 7.12. The summed E-state index contributed by atoms with van der Waals surface area (Å²) in [5.41, 5.74) is 1.70. The average Bonchev–Trinajstić information content (AvgIpc) is 2.76. The zero-order valence-electron chi connectivity index (χ0n) is 12.3. The molecule has 0 saturated carbocycles. The van der Waals surface area contributed by atoms with Gasteiger partial charge in [0.2, 0.25) is 10.0 Å². The Morgan fingerprint density at radius 2 is 1.95 bits per heavy atom. The number of benzene rings is 1. The van der Waals surface area contributed by atoms with Gasteiger partial charge >= 0.3 is 0 Å². The number of nitrogens with one attached hydrogen (secondary N) is 1.